The standard InChI is InChI=1S/C28H41N3O7/c1-8-15-30(27(35)37-18-20-12-10-9-11-13-20)17-22(29-26(34)38-28(4,5)6)24(32)31-16-14-21(19(2)3)23(31)25(33)36-7/h8-13,19,21-23H,1,14-18H2,2-7H3,(H,29,34)/t21-,22+,23+/m1/s1. The van der Waals surface area contributed by atoms with Crippen molar-refractivity contribution in [3.05, 3.63) is 48.6 Å². The fourth-order valence-corrected chi connectivity index (χ4v) is 4.43. The molecule has 3 atom stereocenters. The number of methoxy groups -OCH3 is 1. The number of ether oxygens (including phenoxy) is 3. The Labute approximate surface area is 225 Å². The molecule has 0 aromatic heterocycles. The number of benzene rings is 1. The van der Waals surface area contributed by atoms with Gasteiger partial charge in [0, 0.05) is 13.1 Å². The average Bonchev–Trinajstić information content (AvgIpc) is 3.30. The minimum atomic E-state index is -1.20. The lowest BCUT2D eigenvalue weighted by Crippen LogP contribution is -2.57. The van der Waals surface area contributed by atoms with Crippen LogP contribution in [0.4, 0.5) is 9.59 Å². The van der Waals surface area contributed by atoms with Gasteiger partial charge in [-0.25, -0.2) is 14.4 Å². The summed E-state index contributed by atoms with van der Waals surface area (Å²) in [6.45, 7) is 13.0. The molecule has 1 N–H and O–H groups in total. The van der Waals surface area contributed by atoms with Crippen molar-refractivity contribution in [2.75, 3.05) is 26.7 Å². The zero-order valence-electron chi connectivity index (χ0n) is 23.3. The summed E-state index contributed by atoms with van der Waals surface area (Å²) < 4.78 is 15.8. The van der Waals surface area contributed by atoms with Crippen molar-refractivity contribution in [3.8, 4) is 0 Å². The number of nitrogens with zero attached hydrogens (tertiary/aromatic N) is 2. The van der Waals surface area contributed by atoms with E-state index in [1.165, 1.54) is 23.0 Å². The van der Waals surface area contributed by atoms with Crippen molar-refractivity contribution in [1.82, 2.24) is 15.1 Å². The molecule has 1 aromatic carbocycles. The first-order valence-corrected chi connectivity index (χ1v) is 12.8. The van der Waals surface area contributed by atoms with Crippen molar-refractivity contribution < 1.29 is 33.4 Å². The van der Waals surface area contributed by atoms with Crippen LogP contribution in [-0.4, -0.2) is 78.3 Å². The third kappa shape index (κ3) is 8.78. The molecule has 3 amide bonds. The van der Waals surface area contributed by atoms with Gasteiger partial charge in [-0.2, -0.15) is 0 Å². The van der Waals surface area contributed by atoms with E-state index in [4.69, 9.17) is 14.2 Å². The maximum atomic E-state index is 13.8. The predicted molar refractivity (Wildman–Crippen MR) is 142 cm³/mol. The molecule has 38 heavy (non-hydrogen) atoms. The first kappa shape index (κ1) is 30.7. The van der Waals surface area contributed by atoms with Gasteiger partial charge in [-0.1, -0.05) is 50.3 Å². The summed E-state index contributed by atoms with van der Waals surface area (Å²) in [6, 6.07) is 7.18. The molecule has 0 radical (unpaired) electrons. The molecule has 0 spiro atoms. The van der Waals surface area contributed by atoms with E-state index in [2.05, 4.69) is 11.9 Å². The minimum Gasteiger partial charge on any atom is -0.467 e. The van der Waals surface area contributed by atoms with Crippen molar-refractivity contribution in [3.63, 3.8) is 0 Å². The van der Waals surface area contributed by atoms with E-state index in [1.807, 2.05) is 44.2 Å². The maximum absolute atomic E-state index is 13.8. The summed E-state index contributed by atoms with van der Waals surface area (Å²) in [4.78, 5) is 54.9. The third-order valence-corrected chi connectivity index (χ3v) is 6.23. The van der Waals surface area contributed by atoms with E-state index in [1.54, 1.807) is 20.8 Å². The van der Waals surface area contributed by atoms with Gasteiger partial charge in [-0.05, 0) is 44.6 Å². The quantitative estimate of drug-likeness (QED) is 0.278. The maximum Gasteiger partial charge on any atom is 0.410 e. The molecule has 210 valence electrons. The van der Waals surface area contributed by atoms with Crippen LogP contribution in [0.3, 0.4) is 0 Å². The lowest BCUT2D eigenvalue weighted by atomic mass is 9.88. The van der Waals surface area contributed by atoms with Crippen molar-refractivity contribution in [1.29, 1.82) is 0 Å². The highest BCUT2D eigenvalue weighted by molar-refractivity contribution is 5.91. The van der Waals surface area contributed by atoms with Gasteiger partial charge in [0.05, 0.1) is 13.7 Å². The Morgan fingerprint density at radius 3 is 2.39 bits per heavy atom. The molecule has 0 aliphatic carbocycles. The minimum absolute atomic E-state index is 0.0397. The lowest BCUT2D eigenvalue weighted by Gasteiger charge is -2.33. The van der Waals surface area contributed by atoms with Gasteiger partial charge in [-0.3, -0.25) is 4.79 Å². The number of esters is 1. The molecular formula is C28H41N3O7. The largest absolute Gasteiger partial charge is 0.467 e. The van der Waals surface area contributed by atoms with Crippen molar-refractivity contribution in [2.45, 2.75) is 65.3 Å². The molecule has 0 unspecified atom stereocenters. The molecule has 1 fully saturated rings. The van der Waals surface area contributed by atoms with Crippen LogP contribution in [0, 0.1) is 11.8 Å². The van der Waals surface area contributed by atoms with Gasteiger partial charge in [0.15, 0.2) is 0 Å². The number of alkyl carbamates (subject to hydrolysis) is 1. The Kier molecular flexibility index (Phi) is 11.2. The Morgan fingerprint density at radius 2 is 1.84 bits per heavy atom. The van der Waals surface area contributed by atoms with Gasteiger partial charge in [0.1, 0.15) is 24.3 Å². The van der Waals surface area contributed by atoms with Crippen LogP contribution in [0.5, 0.6) is 0 Å². The summed E-state index contributed by atoms with van der Waals surface area (Å²) >= 11 is 0. The van der Waals surface area contributed by atoms with E-state index in [-0.39, 0.29) is 31.5 Å². The van der Waals surface area contributed by atoms with Gasteiger partial charge in [0.2, 0.25) is 5.91 Å². The average molecular weight is 532 g/mol. The van der Waals surface area contributed by atoms with E-state index in [9.17, 15) is 19.2 Å². The summed E-state index contributed by atoms with van der Waals surface area (Å²) in [6.07, 6.45) is 0.614. The highest BCUT2D eigenvalue weighted by Crippen LogP contribution is 2.32. The second kappa shape index (κ2) is 13.8. The first-order valence-electron chi connectivity index (χ1n) is 12.8. The van der Waals surface area contributed by atoms with Crippen molar-refractivity contribution in [2.24, 2.45) is 11.8 Å². The number of rotatable bonds is 10. The van der Waals surface area contributed by atoms with E-state index in [0.717, 1.165) is 5.56 Å². The van der Waals surface area contributed by atoms with Crippen molar-refractivity contribution >= 4 is 24.1 Å². The summed E-state index contributed by atoms with van der Waals surface area (Å²) in [7, 11) is 1.28. The first-order chi connectivity index (χ1) is 17.9. The van der Waals surface area contributed by atoms with Crippen LogP contribution in [0.2, 0.25) is 0 Å². The smallest absolute Gasteiger partial charge is 0.410 e. The van der Waals surface area contributed by atoms with Crippen LogP contribution in [0.25, 0.3) is 0 Å². The molecule has 10 nitrogen and oxygen atoms in total. The Hall–Kier alpha value is -3.56. The van der Waals surface area contributed by atoms with Crippen LogP contribution in [0.15, 0.2) is 43.0 Å². The Morgan fingerprint density at radius 1 is 1.18 bits per heavy atom. The molecule has 2 rings (SSSR count). The SMILES string of the molecule is C=CCN(C[C@H](NC(=O)OC(C)(C)C)C(=O)N1CC[C@H](C(C)C)[C@H]1C(=O)OC)C(=O)OCc1ccccc1. The molecule has 10 heteroatoms. The molecule has 0 saturated carbocycles. The lowest BCUT2D eigenvalue weighted by molar-refractivity contribution is -0.153. The fraction of sp³-hybridized carbons (Fsp3) is 0.571. The number of nitrogens with one attached hydrogen (secondary N) is 1. The summed E-state index contributed by atoms with van der Waals surface area (Å²) in [5.74, 6) is -1.01. The topological polar surface area (TPSA) is 114 Å². The molecule has 1 aliphatic rings. The Balaban J connectivity index is 2.30. The van der Waals surface area contributed by atoms with E-state index < -0.39 is 41.7 Å². The Bertz CT molecular complexity index is 974. The third-order valence-electron chi connectivity index (χ3n) is 6.23. The highest BCUT2D eigenvalue weighted by atomic mass is 16.6. The zero-order valence-corrected chi connectivity index (χ0v) is 23.3. The van der Waals surface area contributed by atoms with Crippen LogP contribution in [0.1, 0.15) is 46.6 Å². The monoisotopic (exact) mass is 531 g/mol. The summed E-state index contributed by atoms with van der Waals surface area (Å²) in [5.41, 5.74) is -0.00508. The van der Waals surface area contributed by atoms with Crippen LogP contribution in [-0.2, 0) is 30.4 Å². The van der Waals surface area contributed by atoms with Gasteiger partial charge < -0.3 is 29.3 Å². The highest BCUT2D eigenvalue weighted by Gasteiger charge is 2.46. The second-order valence-corrected chi connectivity index (χ2v) is 10.6. The second-order valence-electron chi connectivity index (χ2n) is 10.6. The molecule has 1 aromatic rings. The van der Waals surface area contributed by atoms with Crippen LogP contribution >= 0.6 is 0 Å². The fourth-order valence-electron chi connectivity index (χ4n) is 4.43. The number of carbonyl (C=O) groups excluding carboxylic acids is 4. The number of amides is 3. The molecule has 1 aliphatic heterocycles. The number of hydrogen-bond acceptors (Lipinski definition) is 7. The number of likely N-dealkylation sites (tertiary alicyclic amines) is 1. The zero-order chi connectivity index (χ0) is 28.5. The van der Waals surface area contributed by atoms with Crippen LogP contribution < -0.4 is 5.32 Å². The molecular weight excluding hydrogens is 490 g/mol. The van der Waals surface area contributed by atoms with Gasteiger partial charge >= 0.3 is 18.2 Å². The summed E-state index contributed by atoms with van der Waals surface area (Å²) in [5, 5.41) is 2.60. The normalized spacial score (nSPS) is 17.9. The van der Waals surface area contributed by atoms with Gasteiger partial charge in [-0.15, -0.1) is 6.58 Å². The van der Waals surface area contributed by atoms with E-state index >= 15 is 0 Å². The molecule has 1 heterocycles. The predicted octanol–water partition coefficient (Wildman–Crippen LogP) is 3.75. The molecule has 0 bridgehead atoms. The van der Waals surface area contributed by atoms with E-state index in [0.29, 0.717) is 13.0 Å². The molecule has 1 saturated heterocycles. The number of carbonyl (C=O) groups is 4. The van der Waals surface area contributed by atoms with Gasteiger partial charge in [0.25, 0.3) is 0 Å². The number of hydrogen-bond donors (Lipinski definition) is 1.